The van der Waals surface area contributed by atoms with E-state index in [2.05, 4.69) is 15.9 Å². The summed E-state index contributed by atoms with van der Waals surface area (Å²) >= 11 is 9.26. The predicted molar refractivity (Wildman–Crippen MR) is 79.2 cm³/mol. The van der Waals surface area contributed by atoms with Crippen molar-refractivity contribution in [1.82, 2.24) is 0 Å². The Kier molecular flexibility index (Phi) is 5.37. The highest BCUT2D eigenvalue weighted by molar-refractivity contribution is 9.09. The summed E-state index contributed by atoms with van der Waals surface area (Å²) < 4.78 is 19.2. The van der Waals surface area contributed by atoms with Crippen molar-refractivity contribution in [3.05, 3.63) is 70.5 Å². The van der Waals surface area contributed by atoms with Crippen molar-refractivity contribution in [2.45, 2.75) is 12.7 Å². The molecule has 0 aliphatic rings. The van der Waals surface area contributed by atoms with Crippen molar-refractivity contribution < 1.29 is 9.13 Å². The van der Waals surface area contributed by atoms with Gasteiger partial charge in [-0.1, -0.05) is 57.9 Å². The third kappa shape index (κ3) is 4.03. The highest BCUT2D eigenvalue weighted by atomic mass is 79.9. The molecule has 19 heavy (non-hydrogen) atoms. The summed E-state index contributed by atoms with van der Waals surface area (Å²) in [4.78, 5) is 0. The average Bonchev–Trinajstić information content (AvgIpc) is 2.43. The molecule has 1 atom stereocenters. The van der Waals surface area contributed by atoms with Crippen molar-refractivity contribution in [1.29, 1.82) is 0 Å². The second kappa shape index (κ2) is 7.04. The number of hydrogen-bond acceptors (Lipinski definition) is 1. The minimum Gasteiger partial charge on any atom is -0.368 e. The van der Waals surface area contributed by atoms with Gasteiger partial charge in [0.2, 0.25) is 0 Å². The number of halogens is 3. The van der Waals surface area contributed by atoms with Gasteiger partial charge in [0.25, 0.3) is 0 Å². The fourth-order valence-electron chi connectivity index (χ4n) is 1.71. The molecular formula is C15H13BrClFO. The molecule has 0 amide bonds. The van der Waals surface area contributed by atoms with Crippen LogP contribution >= 0.6 is 27.5 Å². The molecule has 100 valence electrons. The van der Waals surface area contributed by atoms with Crippen LogP contribution in [0.2, 0.25) is 5.02 Å². The van der Waals surface area contributed by atoms with Crippen LogP contribution in [-0.4, -0.2) is 5.33 Å². The number of ether oxygens (including phenoxy) is 1. The molecule has 0 heterocycles. The van der Waals surface area contributed by atoms with E-state index >= 15 is 0 Å². The molecule has 0 saturated heterocycles. The molecule has 0 N–H and O–H groups in total. The van der Waals surface area contributed by atoms with Gasteiger partial charge < -0.3 is 4.74 Å². The monoisotopic (exact) mass is 342 g/mol. The normalized spacial score (nSPS) is 12.4. The molecule has 2 aromatic rings. The van der Waals surface area contributed by atoms with Gasteiger partial charge in [-0.2, -0.15) is 0 Å². The second-order valence-corrected chi connectivity index (χ2v) is 5.18. The molecule has 0 aliphatic carbocycles. The van der Waals surface area contributed by atoms with E-state index in [-0.39, 0.29) is 18.5 Å². The number of rotatable bonds is 5. The summed E-state index contributed by atoms with van der Waals surface area (Å²) in [7, 11) is 0. The first-order chi connectivity index (χ1) is 9.20. The van der Waals surface area contributed by atoms with Crippen LogP contribution in [0.1, 0.15) is 17.2 Å². The maximum Gasteiger partial charge on any atom is 0.128 e. The Morgan fingerprint density at radius 1 is 1.11 bits per heavy atom. The van der Waals surface area contributed by atoms with Crippen molar-refractivity contribution in [2.75, 3.05) is 5.33 Å². The lowest BCUT2D eigenvalue weighted by Crippen LogP contribution is -2.06. The van der Waals surface area contributed by atoms with Gasteiger partial charge in [0.15, 0.2) is 0 Å². The van der Waals surface area contributed by atoms with E-state index in [0.717, 1.165) is 5.56 Å². The second-order valence-electron chi connectivity index (χ2n) is 4.10. The van der Waals surface area contributed by atoms with Crippen LogP contribution in [0.4, 0.5) is 4.39 Å². The van der Waals surface area contributed by atoms with Crippen LogP contribution in [0.3, 0.4) is 0 Å². The van der Waals surface area contributed by atoms with Crippen LogP contribution in [0.25, 0.3) is 0 Å². The van der Waals surface area contributed by atoms with Gasteiger partial charge in [-0.3, -0.25) is 0 Å². The van der Waals surface area contributed by atoms with E-state index < -0.39 is 0 Å². The lowest BCUT2D eigenvalue weighted by Gasteiger charge is -2.16. The molecule has 2 rings (SSSR count). The minimum atomic E-state index is -0.244. The van der Waals surface area contributed by atoms with Crippen molar-refractivity contribution in [3.63, 3.8) is 0 Å². The molecule has 4 heteroatoms. The number of alkyl halides is 1. The van der Waals surface area contributed by atoms with E-state index in [1.807, 2.05) is 24.3 Å². The van der Waals surface area contributed by atoms with Gasteiger partial charge in [-0.25, -0.2) is 4.39 Å². The zero-order chi connectivity index (χ0) is 13.7. The van der Waals surface area contributed by atoms with Gasteiger partial charge in [-0.15, -0.1) is 0 Å². The smallest absolute Gasteiger partial charge is 0.128 e. The van der Waals surface area contributed by atoms with E-state index in [1.165, 1.54) is 6.07 Å². The Morgan fingerprint density at radius 2 is 1.79 bits per heavy atom. The summed E-state index contributed by atoms with van der Waals surface area (Å²) in [6.45, 7) is 0.242. The van der Waals surface area contributed by atoms with Crippen LogP contribution in [0, 0.1) is 5.82 Å². The Hall–Kier alpha value is -0.900. The quantitative estimate of drug-likeness (QED) is 0.684. The van der Waals surface area contributed by atoms with E-state index in [9.17, 15) is 4.39 Å². The summed E-state index contributed by atoms with van der Waals surface area (Å²) in [6.07, 6.45) is -0.128. The molecule has 2 aromatic carbocycles. The standard InChI is InChI=1S/C15H13BrClFO/c16-9-15(11-5-7-13(17)8-6-11)19-10-12-3-1-2-4-14(12)18/h1-8,15H,9-10H2. The van der Waals surface area contributed by atoms with Gasteiger partial charge in [0, 0.05) is 15.9 Å². The molecule has 0 aromatic heterocycles. The molecule has 1 unspecified atom stereocenters. The molecular weight excluding hydrogens is 331 g/mol. The Bertz CT molecular complexity index is 530. The van der Waals surface area contributed by atoms with Gasteiger partial charge in [0.1, 0.15) is 5.82 Å². The molecule has 0 bridgehead atoms. The summed E-state index contributed by atoms with van der Waals surface area (Å²) in [6, 6.07) is 14.1. The number of hydrogen-bond donors (Lipinski definition) is 0. The van der Waals surface area contributed by atoms with Gasteiger partial charge in [0.05, 0.1) is 12.7 Å². The summed E-state index contributed by atoms with van der Waals surface area (Å²) in [5.41, 5.74) is 1.57. The van der Waals surface area contributed by atoms with Crippen LogP contribution < -0.4 is 0 Å². The maximum atomic E-state index is 13.5. The SMILES string of the molecule is Fc1ccccc1COC(CBr)c1ccc(Cl)cc1. The largest absolute Gasteiger partial charge is 0.368 e. The zero-order valence-corrected chi connectivity index (χ0v) is 12.5. The molecule has 0 fully saturated rings. The first-order valence-corrected chi connectivity index (χ1v) is 7.37. The van der Waals surface area contributed by atoms with Crippen LogP contribution in [0.15, 0.2) is 48.5 Å². The third-order valence-corrected chi connectivity index (χ3v) is 3.62. The highest BCUT2D eigenvalue weighted by Crippen LogP contribution is 2.23. The lowest BCUT2D eigenvalue weighted by atomic mass is 10.1. The topological polar surface area (TPSA) is 9.23 Å². The van der Waals surface area contributed by atoms with Crippen molar-refractivity contribution in [3.8, 4) is 0 Å². The minimum absolute atomic E-state index is 0.128. The molecule has 0 spiro atoms. The Balaban J connectivity index is 2.04. The van der Waals surface area contributed by atoms with Crippen molar-refractivity contribution >= 4 is 27.5 Å². The molecule has 0 aliphatic heterocycles. The third-order valence-electron chi connectivity index (χ3n) is 2.78. The predicted octanol–water partition coefficient (Wildman–Crippen LogP) is 5.13. The van der Waals surface area contributed by atoms with Crippen LogP contribution in [0.5, 0.6) is 0 Å². The summed E-state index contributed by atoms with van der Waals surface area (Å²) in [5, 5.41) is 1.33. The number of benzene rings is 2. The average molecular weight is 344 g/mol. The highest BCUT2D eigenvalue weighted by Gasteiger charge is 2.11. The first-order valence-electron chi connectivity index (χ1n) is 5.87. The molecule has 1 nitrogen and oxygen atoms in total. The zero-order valence-electron chi connectivity index (χ0n) is 10.2. The first kappa shape index (κ1) is 14.5. The van der Waals surface area contributed by atoms with Gasteiger partial charge in [-0.05, 0) is 23.8 Å². The van der Waals surface area contributed by atoms with E-state index in [0.29, 0.717) is 15.9 Å². The van der Waals surface area contributed by atoms with Crippen molar-refractivity contribution in [2.24, 2.45) is 0 Å². The maximum absolute atomic E-state index is 13.5. The Morgan fingerprint density at radius 3 is 2.42 bits per heavy atom. The van der Waals surface area contributed by atoms with E-state index in [4.69, 9.17) is 16.3 Å². The molecule has 0 radical (unpaired) electrons. The van der Waals surface area contributed by atoms with Gasteiger partial charge >= 0.3 is 0 Å². The fourth-order valence-corrected chi connectivity index (χ4v) is 2.40. The lowest BCUT2D eigenvalue weighted by molar-refractivity contribution is 0.0549. The Labute approximate surface area is 125 Å². The fraction of sp³-hybridized carbons (Fsp3) is 0.200. The summed E-state index contributed by atoms with van der Waals surface area (Å²) in [5.74, 6) is -0.244. The van der Waals surface area contributed by atoms with Crippen LogP contribution in [-0.2, 0) is 11.3 Å². The van der Waals surface area contributed by atoms with E-state index in [1.54, 1.807) is 18.2 Å². The molecule has 0 saturated carbocycles.